The topological polar surface area (TPSA) is 37.4 Å². The molecule has 0 bridgehead atoms. The highest BCUT2D eigenvalue weighted by Gasteiger charge is 2.22. The summed E-state index contributed by atoms with van der Waals surface area (Å²) >= 11 is 3.07. The fourth-order valence-corrected chi connectivity index (χ4v) is 3.57. The fraction of sp³-hybridized carbons (Fsp3) is 0.455. The number of hydrogen-bond donors (Lipinski definition) is 0. The first-order chi connectivity index (χ1) is 7.89. The number of unbranched alkanes of at least 4 members (excludes halogenated alkanes) is 1. The maximum atomic E-state index is 12.9. The third kappa shape index (κ3) is 3.50. The van der Waals surface area contributed by atoms with Gasteiger partial charge in [0.1, 0.15) is 5.82 Å². The number of hydrogen-bond acceptors (Lipinski definition) is 2. The maximum Gasteiger partial charge on any atom is 0.243 e. The van der Waals surface area contributed by atoms with Crippen LogP contribution in [0.4, 0.5) is 4.39 Å². The van der Waals surface area contributed by atoms with Crippen LogP contribution in [0.1, 0.15) is 19.8 Å². The molecule has 0 saturated heterocycles. The lowest BCUT2D eigenvalue weighted by Crippen LogP contribution is -2.28. The molecule has 0 radical (unpaired) electrons. The molecule has 0 unspecified atom stereocenters. The van der Waals surface area contributed by atoms with Gasteiger partial charge in [-0.2, -0.15) is 0 Å². The SMILES string of the molecule is CCCCN(C)S(=O)(=O)c1ccc(F)cc1Br. The zero-order valence-corrected chi connectivity index (χ0v) is 12.2. The Morgan fingerprint density at radius 2 is 2.06 bits per heavy atom. The third-order valence-corrected chi connectivity index (χ3v) is 5.24. The molecule has 0 amide bonds. The monoisotopic (exact) mass is 323 g/mol. The molecule has 0 fully saturated rings. The Morgan fingerprint density at radius 1 is 1.41 bits per heavy atom. The molecule has 0 heterocycles. The molecular formula is C11H15BrFNO2S. The average molecular weight is 324 g/mol. The maximum absolute atomic E-state index is 12.9. The van der Waals surface area contributed by atoms with Crippen LogP contribution < -0.4 is 0 Å². The van der Waals surface area contributed by atoms with Crippen molar-refractivity contribution in [1.82, 2.24) is 4.31 Å². The molecule has 17 heavy (non-hydrogen) atoms. The summed E-state index contributed by atoms with van der Waals surface area (Å²) in [6.45, 7) is 2.46. The molecule has 0 spiro atoms. The minimum Gasteiger partial charge on any atom is -0.207 e. The van der Waals surface area contributed by atoms with E-state index in [4.69, 9.17) is 0 Å². The predicted molar refractivity (Wildman–Crippen MR) is 68.8 cm³/mol. The van der Waals surface area contributed by atoms with Gasteiger partial charge in [0.15, 0.2) is 0 Å². The van der Waals surface area contributed by atoms with E-state index in [-0.39, 0.29) is 9.37 Å². The zero-order valence-electron chi connectivity index (χ0n) is 9.78. The van der Waals surface area contributed by atoms with Gasteiger partial charge in [-0.25, -0.2) is 17.1 Å². The van der Waals surface area contributed by atoms with Crippen LogP contribution >= 0.6 is 15.9 Å². The normalized spacial score (nSPS) is 12.1. The Hall–Kier alpha value is -0.460. The highest BCUT2D eigenvalue weighted by atomic mass is 79.9. The molecule has 6 heteroatoms. The van der Waals surface area contributed by atoms with Crippen LogP contribution in [-0.4, -0.2) is 26.3 Å². The molecule has 1 aromatic carbocycles. The summed E-state index contributed by atoms with van der Waals surface area (Å²) in [5.74, 6) is -0.466. The third-order valence-electron chi connectivity index (χ3n) is 2.41. The van der Waals surface area contributed by atoms with Crippen molar-refractivity contribution < 1.29 is 12.8 Å². The molecule has 0 atom stereocenters. The van der Waals surface area contributed by atoms with Crippen molar-refractivity contribution in [2.45, 2.75) is 24.7 Å². The van der Waals surface area contributed by atoms with E-state index in [0.717, 1.165) is 25.0 Å². The van der Waals surface area contributed by atoms with Crippen LogP contribution in [0.5, 0.6) is 0 Å². The lowest BCUT2D eigenvalue weighted by Gasteiger charge is -2.17. The summed E-state index contributed by atoms with van der Waals surface area (Å²) in [6, 6.07) is 3.57. The van der Waals surface area contributed by atoms with Crippen molar-refractivity contribution in [2.24, 2.45) is 0 Å². The van der Waals surface area contributed by atoms with Crippen molar-refractivity contribution in [3.63, 3.8) is 0 Å². The van der Waals surface area contributed by atoms with Crippen LogP contribution in [0.15, 0.2) is 27.6 Å². The van der Waals surface area contributed by atoms with E-state index in [1.54, 1.807) is 0 Å². The van der Waals surface area contributed by atoms with Gasteiger partial charge in [-0.1, -0.05) is 13.3 Å². The first-order valence-corrected chi connectivity index (χ1v) is 7.54. The number of sulfonamides is 1. The second-order valence-corrected chi connectivity index (χ2v) is 6.62. The summed E-state index contributed by atoms with van der Waals surface area (Å²) in [7, 11) is -2.01. The highest BCUT2D eigenvalue weighted by Crippen LogP contribution is 2.25. The van der Waals surface area contributed by atoms with Gasteiger partial charge in [-0.15, -0.1) is 0 Å². The molecule has 0 aromatic heterocycles. The van der Waals surface area contributed by atoms with E-state index < -0.39 is 15.8 Å². The number of benzene rings is 1. The highest BCUT2D eigenvalue weighted by molar-refractivity contribution is 9.10. The van der Waals surface area contributed by atoms with Crippen LogP contribution in [0.2, 0.25) is 0 Å². The van der Waals surface area contributed by atoms with E-state index in [1.165, 1.54) is 17.4 Å². The van der Waals surface area contributed by atoms with Crippen molar-refractivity contribution >= 4 is 26.0 Å². The Kier molecular flexibility index (Phi) is 5.09. The standard InChI is InChI=1S/C11H15BrFNO2S/c1-3-4-7-14(2)17(15,16)11-6-5-9(13)8-10(11)12/h5-6,8H,3-4,7H2,1-2H3. The van der Waals surface area contributed by atoms with Gasteiger partial charge in [0.25, 0.3) is 0 Å². The second kappa shape index (κ2) is 5.93. The summed E-state index contributed by atoms with van der Waals surface area (Å²) in [5.41, 5.74) is 0. The smallest absolute Gasteiger partial charge is 0.207 e. The van der Waals surface area contributed by atoms with E-state index in [9.17, 15) is 12.8 Å². The van der Waals surface area contributed by atoms with Gasteiger partial charge in [0.2, 0.25) is 10.0 Å². The van der Waals surface area contributed by atoms with Gasteiger partial charge >= 0.3 is 0 Å². The molecule has 0 aliphatic heterocycles. The van der Waals surface area contributed by atoms with Crippen LogP contribution in [0, 0.1) is 5.82 Å². The quantitative estimate of drug-likeness (QED) is 0.835. The van der Waals surface area contributed by atoms with Gasteiger partial charge in [0.05, 0.1) is 4.90 Å². The second-order valence-electron chi connectivity index (χ2n) is 3.75. The van der Waals surface area contributed by atoms with Gasteiger partial charge in [-0.3, -0.25) is 0 Å². The summed E-state index contributed by atoms with van der Waals surface area (Å²) < 4.78 is 38.7. The predicted octanol–water partition coefficient (Wildman–Crippen LogP) is 3.01. The van der Waals surface area contributed by atoms with E-state index in [1.807, 2.05) is 6.92 Å². The van der Waals surface area contributed by atoms with Crippen molar-refractivity contribution in [3.8, 4) is 0 Å². The largest absolute Gasteiger partial charge is 0.243 e. The molecule has 1 rings (SSSR count). The minimum absolute atomic E-state index is 0.0949. The molecule has 0 saturated carbocycles. The molecule has 0 aliphatic carbocycles. The number of halogens is 2. The van der Waals surface area contributed by atoms with Gasteiger partial charge < -0.3 is 0 Å². The number of nitrogens with zero attached hydrogens (tertiary/aromatic N) is 1. The van der Waals surface area contributed by atoms with Crippen LogP contribution in [0.3, 0.4) is 0 Å². The van der Waals surface area contributed by atoms with Gasteiger partial charge in [-0.05, 0) is 40.5 Å². The molecule has 0 aliphatic rings. The Balaban J connectivity index is 3.04. The Morgan fingerprint density at radius 3 is 2.59 bits per heavy atom. The van der Waals surface area contributed by atoms with Gasteiger partial charge in [0, 0.05) is 18.1 Å². The van der Waals surface area contributed by atoms with E-state index >= 15 is 0 Å². The van der Waals surface area contributed by atoms with Crippen LogP contribution in [-0.2, 0) is 10.0 Å². The first kappa shape index (κ1) is 14.6. The molecular weight excluding hydrogens is 309 g/mol. The molecule has 1 aromatic rings. The summed E-state index contributed by atoms with van der Waals surface area (Å²) in [6.07, 6.45) is 1.72. The van der Waals surface area contributed by atoms with E-state index in [0.29, 0.717) is 6.54 Å². The molecule has 3 nitrogen and oxygen atoms in total. The van der Waals surface area contributed by atoms with Crippen molar-refractivity contribution in [3.05, 3.63) is 28.5 Å². The molecule has 96 valence electrons. The zero-order chi connectivity index (χ0) is 13.1. The van der Waals surface area contributed by atoms with E-state index in [2.05, 4.69) is 15.9 Å². The van der Waals surface area contributed by atoms with Crippen molar-refractivity contribution in [2.75, 3.05) is 13.6 Å². The Labute approximate surface area is 110 Å². The fourth-order valence-electron chi connectivity index (χ4n) is 1.35. The average Bonchev–Trinajstić information content (AvgIpc) is 2.25. The lowest BCUT2D eigenvalue weighted by atomic mass is 10.3. The Bertz CT molecular complexity index is 490. The van der Waals surface area contributed by atoms with Crippen LogP contribution in [0.25, 0.3) is 0 Å². The number of rotatable bonds is 5. The van der Waals surface area contributed by atoms with Crippen molar-refractivity contribution in [1.29, 1.82) is 0 Å². The molecule has 0 N–H and O–H groups in total. The summed E-state index contributed by atoms with van der Waals surface area (Å²) in [4.78, 5) is 0.0949. The lowest BCUT2D eigenvalue weighted by molar-refractivity contribution is 0.459. The first-order valence-electron chi connectivity index (χ1n) is 5.31. The summed E-state index contributed by atoms with van der Waals surface area (Å²) in [5, 5.41) is 0. The minimum atomic E-state index is -3.54.